The Labute approximate surface area is 146 Å². The van der Waals surface area contributed by atoms with E-state index in [-0.39, 0.29) is 10.6 Å². The molecule has 0 aliphatic carbocycles. The molecule has 0 radical (unpaired) electrons. The Morgan fingerprint density at radius 3 is 2.46 bits per heavy atom. The third-order valence-corrected chi connectivity index (χ3v) is 4.57. The van der Waals surface area contributed by atoms with Gasteiger partial charge in [0, 0.05) is 12.2 Å². The van der Waals surface area contributed by atoms with Crippen molar-refractivity contribution in [3.05, 3.63) is 64.4 Å². The zero-order chi connectivity index (χ0) is 16.9. The Hall–Kier alpha value is -1.91. The maximum absolute atomic E-state index is 13.8. The standard InChI is InChI=1S/C19H20ClFN2O/c20-16-5-4-6-17(21)18(16)19(24)22-15-9-7-14(8-10-15)13-23-11-2-1-3-12-23/h4-10H,1-3,11-13H2,(H,22,24). The van der Waals surface area contributed by atoms with Gasteiger partial charge in [0.15, 0.2) is 0 Å². The van der Waals surface area contributed by atoms with E-state index in [0.29, 0.717) is 5.69 Å². The van der Waals surface area contributed by atoms with Gasteiger partial charge in [0.25, 0.3) is 5.91 Å². The van der Waals surface area contributed by atoms with Crippen molar-refractivity contribution < 1.29 is 9.18 Å². The molecule has 5 heteroatoms. The molecule has 2 aromatic rings. The maximum Gasteiger partial charge on any atom is 0.260 e. The second-order valence-electron chi connectivity index (χ2n) is 6.08. The van der Waals surface area contributed by atoms with Crippen molar-refractivity contribution in [2.75, 3.05) is 18.4 Å². The summed E-state index contributed by atoms with van der Waals surface area (Å²) in [6.45, 7) is 3.21. The molecule has 2 aromatic carbocycles. The molecule has 126 valence electrons. The Morgan fingerprint density at radius 2 is 1.79 bits per heavy atom. The monoisotopic (exact) mass is 346 g/mol. The molecule has 0 unspecified atom stereocenters. The van der Waals surface area contributed by atoms with Crippen LogP contribution >= 0.6 is 11.6 Å². The highest BCUT2D eigenvalue weighted by atomic mass is 35.5. The van der Waals surface area contributed by atoms with Crippen molar-refractivity contribution in [3.63, 3.8) is 0 Å². The van der Waals surface area contributed by atoms with Gasteiger partial charge in [-0.25, -0.2) is 4.39 Å². The summed E-state index contributed by atoms with van der Waals surface area (Å²) in [6, 6.07) is 11.9. The maximum atomic E-state index is 13.8. The minimum absolute atomic E-state index is 0.106. The van der Waals surface area contributed by atoms with Crippen molar-refractivity contribution in [1.29, 1.82) is 0 Å². The van der Waals surface area contributed by atoms with Crippen LogP contribution in [0.25, 0.3) is 0 Å². The fourth-order valence-electron chi connectivity index (χ4n) is 2.98. The third kappa shape index (κ3) is 4.13. The first kappa shape index (κ1) is 16.9. The normalized spacial score (nSPS) is 15.2. The van der Waals surface area contributed by atoms with E-state index in [1.54, 1.807) is 0 Å². The topological polar surface area (TPSA) is 32.3 Å². The van der Waals surface area contributed by atoms with Gasteiger partial charge in [-0.1, -0.05) is 36.2 Å². The van der Waals surface area contributed by atoms with Crippen LogP contribution in [0.3, 0.4) is 0 Å². The molecular formula is C19H20ClFN2O. The summed E-state index contributed by atoms with van der Waals surface area (Å²) in [5.41, 5.74) is 1.71. The quantitative estimate of drug-likeness (QED) is 0.869. The summed E-state index contributed by atoms with van der Waals surface area (Å²) >= 11 is 5.92. The molecular weight excluding hydrogens is 327 g/mol. The number of nitrogens with one attached hydrogen (secondary N) is 1. The van der Waals surface area contributed by atoms with Crippen molar-refractivity contribution in [1.82, 2.24) is 4.90 Å². The van der Waals surface area contributed by atoms with E-state index in [0.717, 1.165) is 19.6 Å². The highest BCUT2D eigenvalue weighted by Crippen LogP contribution is 2.21. The van der Waals surface area contributed by atoms with E-state index in [9.17, 15) is 9.18 Å². The first-order valence-corrected chi connectivity index (χ1v) is 8.58. The zero-order valence-corrected chi connectivity index (χ0v) is 14.2. The lowest BCUT2D eigenvalue weighted by Crippen LogP contribution is -2.29. The Balaban J connectivity index is 1.64. The first-order valence-electron chi connectivity index (χ1n) is 8.20. The SMILES string of the molecule is O=C(Nc1ccc(CN2CCCCC2)cc1)c1c(F)cccc1Cl. The van der Waals surface area contributed by atoms with Crippen molar-refractivity contribution in [2.24, 2.45) is 0 Å². The molecule has 1 aliphatic rings. The fraction of sp³-hybridized carbons (Fsp3) is 0.316. The summed E-state index contributed by atoms with van der Waals surface area (Å²) in [4.78, 5) is 14.7. The smallest absolute Gasteiger partial charge is 0.260 e. The lowest BCUT2D eigenvalue weighted by atomic mass is 10.1. The number of carbonyl (C=O) groups excluding carboxylic acids is 1. The molecule has 1 heterocycles. The fourth-order valence-corrected chi connectivity index (χ4v) is 3.23. The molecule has 1 saturated heterocycles. The number of amides is 1. The Kier molecular flexibility index (Phi) is 5.48. The number of anilines is 1. The predicted octanol–water partition coefficient (Wildman–Crippen LogP) is 4.72. The summed E-state index contributed by atoms with van der Waals surface area (Å²) in [6.07, 6.45) is 3.84. The van der Waals surface area contributed by atoms with E-state index < -0.39 is 11.7 Å². The molecule has 3 rings (SSSR count). The van der Waals surface area contributed by atoms with E-state index in [1.807, 2.05) is 24.3 Å². The molecule has 1 aliphatic heterocycles. The van der Waals surface area contributed by atoms with Gasteiger partial charge >= 0.3 is 0 Å². The second kappa shape index (κ2) is 7.77. The van der Waals surface area contributed by atoms with Crippen LogP contribution in [0.2, 0.25) is 5.02 Å². The molecule has 0 spiro atoms. The van der Waals surface area contributed by atoms with Gasteiger partial charge in [0.05, 0.1) is 10.6 Å². The summed E-state index contributed by atoms with van der Waals surface area (Å²) in [7, 11) is 0. The highest BCUT2D eigenvalue weighted by molar-refractivity contribution is 6.34. The van der Waals surface area contributed by atoms with E-state index >= 15 is 0 Å². The molecule has 1 N–H and O–H groups in total. The average molecular weight is 347 g/mol. The van der Waals surface area contributed by atoms with Crippen LogP contribution < -0.4 is 5.32 Å². The van der Waals surface area contributed by atoms with Crippen LogP contribution in [0.4, 0.5) is 10.1 Å². The molecule has 24 heavy (non-hydrogen) atoms. The number of carbonyl (C=O) groups is 1. The Bertz CT molecular complexity index is 692. The van der Waals surface area contributed by atoms with Crippen molar-refractivity contribution in [3.8, 4) is 0 Å². The molecule has 3 nitrogen and oxygen atoms in total. The van der Waals surface area contributed by atoms with Gasteiger partial charge in [-0.2, -0.15) is 0 Å². The predicted molar refractivity (Wildman–Crippen MR) is 94.9 cm³/mol. The van der Waals surface area contributed by atoms with Gasteiger partial charge < -0.3 is 5.32 Å². The van der Waals surface area contributed by atoms with Gasteiger partial charge in [-0.15, -0.1) is 0 Å². The lowest BCUT2D eigenvalue weighted by molar-refractivity contribution is 0.102. The number of hydrogen-bond donors (Lipinski definition) is 1. The summed E-state index contributed by atoms with van der Waals surface area (Å²) < 4.78 is 13.8. The largest absolute Gasteiger partial charge is 0.322 e. The molecule has 0 aromatic heterocycles. The molecule has 0 bridgehead atoms. The van der Waals surface area contributed by atoms with Gasteiger partial charge in [-0.3, -0.25) is 9.69 Å². The number of likely N-dealkylation sites (tertiary alicyclic amines) is 1. The second-order valence-corrected chi connectivity index (χ2v) is 6.49. The van der Waals surface area contributed by atoms with Crippen molar-refractivity contribution >= 4 is 23.2 Å². The van der Waals surface area contributed by atoms with Gasteiger partial charge in [0.1, 0.15) is 5.82 Å². The number of rotatable bonds is 4. The van der Waals surface area contributed by atoms with Crippen LogP contribution in [-0.4, -0.2) is 23.9 Å². The minimum Gasteiger partial charge on any atom is -0.322 e. The molecule has 1 amide bonds. The number of halogens is 2. The minimum atomic E-state index is -0.623. The van der Waals surface area contributed by atoms with E-state index in [2.05, 4.69) is 10.2 Å². The zero-order valence-electron chi connectivity index (χ0n) is 13.4. The molecule has 0 saturated carbocycles. The van der Waals surface area contributed by atoms with E-state index in [4.69, 9.17) is 11.6 Å². The van der Waals surface area contributed by atoms with E-state index in [1.165, 1.54) is 43.0 Å². The lowest BCUT2D eigenvalue weighted by Gasteiger charge is -2.26. The van der Waals surface area contributed by atoms with Crippen LogP contribution in [0.5, 0.6) is 0 Å². The third-order valence-electron chi connectivity index (χ3n) is 4.26. The number of nitrogens with zero attached hydrogens (tertiary/aromatic N) is 1. The first-order chi connectivity index (χ1) is 11.6. The van der Waals surface area contributed by atoms with Crippen LogP contribution in [-0.2, 0) is 6.54 Å². The molecule has 1 fully saturated rings. The van der Waals surface area contributed by atoms with Crippen LogP contribution in [0.15, 0.2) is 42.5 Å². The highest BCUT2D eigenvalue weighted by Gasteiger charge is 2.16. The average Bonchev–Trinajstić information content (AvgIpc) is 2.57. The van der Waals surface area contributed by atoms with Gasteiger partial charge in [-0.05, 0) is 55.8 Å². The summed E-state index contributed by atoms with van der Waals surface area (Å²) in [5.74, 6) is -1.16. The summed E-state index contributed by atoms with van der Waals surface area (Å²) in [5, 5.41) is 2.80. The number of benzene rings is 2. The number of piperidine rings is 1. The number of hydrogen-bond acceptors (Lipinski definition) is 2. The van der Waals surface area contributed by atoms with Gasteiger partial charge in [0.2, 0.25) is 0 Å². The van der Waals surface area contributed by atoms with Crippen LogP contribution in [0.1, 0.15) is 35.2 Å². The molecule has 0 atom stereocenters. The van der Waals surface area contributed by atoms with Crippen LogP contribution in [0, 0.1) is 5.82 Å². The van der Waals surface area contributed by atoms with Crippen molar-refractivity contribution in [2.45, 2.75) is 25.8 Å². The Morgan fingerprint density at radius 1 is 1.08 bits per heavy atom.